The van der Waals surface area contributed by atoms with Crippen LogP contribution in [0, 0.1) is 0 Å². The van der Waals surface area contributed by atoms with Gasteiger partial charge in [-0.05, 0) is 73.9 Å². The van der Waals surface area contributed by atoms with Crippen LogP contribution < -0.4 is 14.8 Å². The quantitative estimate of drug-likeness (QED) is 0.276. The molecular weight excluding hydrogens is 490 g/mol. The number of aromatic nitrogens is 2. The number of allylic oxidation sites excluding steroid dienone is 4. The zero-order chi connectivity index (χ0) is 27.5. The van der Waals surface area contributed by atoms with Crippen LogP contribution in [0.5, 0.6) is 11.5 Å². The van der Waals surface area contributed by atoms with Gasteiger partial charge in [0.2, 0.25) is 0 Å². The number of benzene rings is 2. The summed E-state index contributed by atoms with van der Waals surface area (Å²) in [7, 11) is 0. The third-order valence-corrected chi connectivity index (χ3v) is 6.06. The first-order valence-electron chi connectivity index (χ1n) is 13.1. The van der Waals surface area contributed by atoms with Crippen LogP contribution >= 0.6 is 0 Å². The molecule has 1 amide bonds. The highest BCUT2D eigenvalue weighted by atomic mass is 16.5. The molecule has 3 aromatic rings. The molecule has 1 atom stereocenters. The van der Waals surface area contributed by atoms with E-state index in [0.29, 0.717) is 37.3 Å². The van der Waals surface area contributed by atoms with Gasteiger partial charge in [0.1, 0.15) is 31.0 Å². The molecule has 6 bridgehead atoms. The number of fused-ring (bicyclic) bond motifs is 11. The molecule has 2 aromatic carbocycles. The second-order valence-corrected chi connectivity index (χ2v) is 8.93. The number of carbonyl (C=O) groups excluding carboxylic acids is 2. The smallest absolute Gasteiger partial charge is 0.254 e. The Balaban J connectivity index is 1.73. The molecule has 0 saturated carbocycles. The summed E-state index contributed by atoms with van der Waals surface area (Å²) in [6.45, 7) is 4.70. The molecule has 7 nitrogen and oxygen atoms in total. The molecule has 0 spiro atoms. The lowest BCUT2D eigenvalue weighted by Gasteiger charge is -2.17. The molecule has 0 aliphatic carbocycles. The number of rotatable bonds is 3. The van der Waals surface area contributed by atoms with E-state index in [2.05, 4.69) is 5.32 Å². The second-order valence-electron chi connectivity index (χ2n) is 8.93. The van der Waals surface area contributed by atoms with Crippen LogP contribution in [0.3, 0.4) is 0 Å². The van der Waals surface area contributed by atoms with Crippen LogP contribution in [-0.4, -0.2) is 41.2 Å². The van der Waals surface area contributed by atoms with Crippen LogP contribution in [0.2, 0.25) is 0 Å². The van der Waals surface area contributed by atoms with Gasteiger partial charge in [-0.2, -0.15) is 5.10 Å². The Morgan fingerprint density at radius 3 is 2.54 bits per heavy atom. The van der Waals surface area contributed by atoms with E-state index in [1.807, 2.05) is 98.9 Å². The normalized spacial score (nSPS) is 19.5. The van der Waals surface area contributed by atoms with E-state index in [4.69, 9.17) is 14.6 Å². The van der Waals surface area contributed by atoms with Crippen molar-refractivity contribution in [2.75, 3.05) is 13.2 Å². The van der Waals surface area contributed by atoms with Crippen molar-refractivity contribution in [1.29, 1.82) is 0 Å². The van der Waals surface area contributed by atoms with Gasteiger partial charge in [-0.3, -0.25) is 4.79 Å². The van der Waals surface area contributed by atoms with E-state index in [1.54, 1.807) is 16.8 Å². The molecule has 39 heavy (non-hydrogen) atoms. The van der Waals surface area contributed by atoms with E-state index < -0.39 is 6.04 Å². The molecule has 7 heteroatoms. The van der Waals surface area contributed by atoms with Crippen molar-refractivity contribution < 1.29 is 19.1 Å². The minimum Gasteiger partial charge on any atom is -0.490 e. The monoisotopic (exact) mass is 523 g/mol. The molecule has 1 N–H and O–H groups in total. The summed E-state index contributed by atoms with van der Waals surface area (Å²) >= 11 is 0. The summed E-state index contributed by atoms with van der Waals surface area (Å²) in [4.78, 5) is 25.5. The molecule has 0 saturated heterocycles. The minimum absolute atomic E-state index is 0.355. The maximum absolute atomic E-state index is 13.5. The Hall–Kier alpha value is -4.65. The average Bonchev–Trinajstić information content (AvgIpc) is 3.45. The molecule has 3 heterocycles. The van der Waals surface area contributed by atoms with Crippen LogP contribution in [0.1, 0.15) is 25.8 Å². The molecule has 0 radical (unpaired) electrons. The highest BCUT2D eigenvalue weighted by Gasteiger charge is 2.20. The van der Waals surface area contributed by atoms with Gasteiger partial charge in [0.05, 0.1) is 23.0 Å². The fourth-order valence-electron chi connectivity index (χ4n) is 4.13. The molecule has 0 fully saturated rings. The van der Waals surface area contributed by atoms with E-state index in [9.17, 15) is 9.59 Å². The molecule has 200 valence electrons. The number of ether oxygens (including phenoxy) is 2. The number of nitrogens with one attached hydrogen (secondary N) is 1. The standard InChI is InChI=1S/C32H33N3O4/c1-3-5-12-29-31(9-4-2)35-18-17-30(34-35)25-10-8-11-28(22-25)39-20-7-6-19-38-27-15-13-24(14-16-27)21-26(23-36)33-32(29)37/h3,5-18,22-23,26H,4,19-21H2,1-2H3,(H,33,37)/b5-3-,7-6+,29-12+,31-9-. The summed E-state index contributed by atoms with van der Waals surface area (Å²) in [6, 6.07) is 16.4. The molecule has 2 aliphatic rings. The van der Waals surface area contributed by atoms with Gasteiger partial charge in [0.25, 0.3) is 5.91 Å². The highest BCUT2D eigenvalue weighted by Crippen LogP contribution is 2.25. The maximum atomic E-state index is 13.5. The summed E-state index contributed by atoms with van der Waals surface area (Å²) in [5.74, 6) is 1.09. The van der Waals surface area contributed by atoms with E-state index in [0.717, 1.165) is 34.6 Å². The van der Waals surface area contributed by atoms with E-state index in [-0.39, 0.29) is 5.91 Å². The summed E-state index contributed by atoms with van der Waals surface area (Å²) in [5, 5.41) is 7.68. The first-order chi connectivity index (χ1) is 19.1. The SMILES string of the molecule is C\C=C/C=C1/C(=O)NC(C=O)Cc2ccc(cc2)OC/C=C/COc2cccc(c2)-c2ccn(n2)/C1=C\CC. The number of aldehydes is 1. The predicted octanol–water partition coefficient (Wildman–Crippen LogP) is 5.56. The summed E-state index contributed by atoms with van der Waals surface area (Å²) < 4.78 is 13.4. The number of hydrogen-bond acceptors (Lipinski definition) is 5. The number of hydrogen-bond donors (Lipinski definition) is 1. The maximum Gasteiger partial charge on any atom is 0.254 e. The van der Waals surface area contributed by atoms with E-state index in [1.165, 1.54) is 0 Å². The van der Waals surface area contributed by atoms with Crippen molar-refractivity contribution in [1.82, 2.24) is 15.1 Å². The van der Waals surface area contributed by atoms with Gasteiger partial charge in [0, 0.05) is 11.8 Å². The Morgan fingerprint density at radius 1 is 1.05 bits per heavy atom. The largest absolute Gasteiger partial charge is 0.490 e. The first-order valence-corrected chi connectivity index (χ1v) is 13.1. The van der Waals surface area contributed by atoms with E-state index >= 15 is 0 Å². The Morgan fingerprint density at radius 2 is 1.82 bits per heavy atom. The molecule has 1 unspecified atom stereocenters. The Kier molecular flexibility index (Phi) is 9.67. The zero-order valence-corrected chi connectivity index (χ0v) is 22.2. The van der Waals surface area contributed by atoms with Gasteiger partial charge in [-0.25, -0.2) is 4.68 Å². The summed E-state index contributed by atoms with van der Waals surface area (Å²) in [6.07, 6.45) is 14.8. The third-order valence-electron chi connectivity index (χ3n) is 6.06. The van der Waals surface area contributed by atoms with Crippen molar-refractivity contribution in [2.45, 2.75) is 32.7 Å². The molecule has 5 rings (SSSR count). The number of amides is 1. The predicted molar refractivity (Wildman–Crippen MR) is 153 cm³/mol. The van der Waals surface area contributed by atoms with Gasteiger partial charge in [0.15, 0.2) is 0 Å². The second kappa shape index (κ2) is 13.8. The number of nitrogens with zero attached hydrogens (tertiary/aromatic N) is 2. The van der Waals surface area contributed by atoms with Crippen molar-refractivity contribution in [3.05, 3.63) is 108 Å². The van der Waals surface area contributed by atoms with Crippen molar-refractivity contribution in [3.63, 3.8) is 0 Å². The number of carbonyl (C=O) groups is 2. The Bertz CT molecular complexity index is 1400. The van der Waals surface area contributed by atoms with Crippen LogP contribution in [-0.2, 0) is 16.0 Å². The molecule has 1 aromatic heterocycles. The fourth-order valence-corrected chi connectivity index (χ4v) is 4.13. The van der Waals surface area contributed by atoms with Gasteiger partial charge < -0.3 is 19.6 Å². The van der Waals surface area contributed by atoms with Crippen molar-refractivity contribution >= 4 is 17.9 Å². The summed E-state index contributed by atoms with van der Waals surface area (Å²) in [5.41, 5.74) is 3.58. The van der Waals surface area contributed by atoms with Gasteiger partial charge in [-0.1, -0.05) is 49.4 Å². The Labute approximate surface area is 229 Å². The minimum atomic E-state index is -0.696. The fraction of sp³-hybridized carbons (Fsp3) is 0.219. The lowest BCUT2D eigenvalue weighted by atomic mass is 10.0. The van der Waals surface area contributed by atoms with Crippen LogP contribution in [0.25, 0.3) is 17.0 Å². The van der Waals surface area contributed by atoms with Crippen LogP contribution in [0.15, 0.2) is 103 Å². The van der Waals surface area contributed by atoms with Crippen molar-refractivity contribution in [3.8, 4) is 22.8 Å². The first kappa shape index (κ1) is 27.4. The van der Waals surface area contributed by atoms with Gasteiger partial charge >= 0.3 is 0 Å². The third kappa shape index (κ3) is 7.45. The molecular formula is C32H33N3O4. The van der Waals surface area contributed by atoms with Crippen LogP contribution in [0.4, 0.5) is 0 Å². The average molecular weight is 524 g/mol. The van der Waals surface area contributed by atoms with Crippen molar-refractivity contribution in [2.24, 2.45) is 0 Å². The molecule has 2 aliphatic heterocycles. The van der Waals surface area contributed by atoms with Gasteiger partial charge in [-0.15, -0.1) is 0 Å². The lowest BCUT2D eigenvalue weighted by Crippen LogP contribution is -2.39. The lowest BCUT2D eigenvalue weighted by molar-refractivity contribution is -0.120. The highest BCUT2D eigenvalue weighted by molar-refractivity contribution is 6.06. The topological polar surface area (TPSA) is 82.5 Å². The zero-order valence-electron chi connectivity index (χ0n) is 22.2.